The fourth-order valence-electron chi connectivity index (χ4n) is 4.59. The number of azo groups is 1. The molecule has 7 heteroatoms. The van der Waals surface area contributed by atoms with Crippen LogP contribution in [0.2, 0.25) is 0 Å². The predicted molar refractivity (Wildman–Crippen MR) is 148 cm³/mol. The van der Waals surface area contributed by atoms with Crippen molar-refractivity contribution in [1.82, 2.24) is 4.57 Å². The van der Waals surface area contributed by atoms with Crippen LogP contribution in [0, 0.1) is 6.92 Å². The number of para-hydroxylation sites is 1. The molecule has 1 aromatic heterocycles. The molecule has 4 aromatic carbocycles. The Morgan fingerprint density at radius 3 is 2.18 bits per heavy atom. The second-order valence-corrected chi connectivity index (χ2v) is 9.50. The molecule has 0 radical (unpaired) electrons. The summed E-state index contributed by atoms with van der Waals surface area (Å²) in [5, 5.41) is 41.1. The molecule has 5 rings (SSSR count). The number of benzene rings is 4. The average Bonchev–Trinajstić information content (AvgIpc) is 3.17. The van der Waals surface area contributed by atoms with Crippen molar-refractivity contribution in [2.45, 2.75) is 26.7 Å². The molecule has 0 saturated carbocycles. The molecule has 0 unspecified atom stereocenters. The van der Waals surface area contributed by atoms with Crippen LogP contribution in [0.4, 0.5) is 11.4 Å². The molecule has 0 spiro atoms. The standard InChI is InChI=1S/C31H27N3O4/c1-18(2)20-12-14-21(15-13-20)34-26-16-11-19(3)17-25(26)29(30(34)36)33-32-28-23(8-6-9-24(28)31(37)38)22-7-4-5-10-27(22)35/h4-18,35-36H,1-3H3,(H,37,38). The van der Waals surface area contributed by atoms with Crippen LogP contribution in [-0.2, 0) is 0 Å². The van der Waals surface area contributed by atoms with E-state index in [1.807, 2.05) is 49.4 Å². The van der Waals surface area contributed by atoms with E-state index in [9.17, 15) is 20.1 Å². The number of aromatic carboxylic acids is 1. The Morgan fingerprint density at radius 2 is 1.50 bits per heavy atom. The second-order valence-electron chi connectivity index (χ2n) is 9.50. The average molecular weight is 506 g/mol. The Balaban J connectivity index is 1.71. The Labute approximate surface area is 220 Å². The topological polar surface area (TPSA) is 107 Å². The molecule has 3 N–H and O–H groups in total. The summed E-state index contributed by atoms with van der Waals surface area (Å²) in [6.07, 6.45) is 0. The summed E-state index contributed by atoms with van der Waals surface area (Å²) in [6, 6.07) is 25.1. The zero-order valence-electron chi connectivity index (χ0n) is 21.3. The quantitative estimate of drug-likeness (QED) is 0.202. The molecule has 0 aliphatic heterocycles. The number of hydrogen-bond acceptors (Lipinski definition) is 5. The first-order valence-electron chi connectivity index (χ1n) is 12.3. The lowest BCUT2D eigenvalue weighted by molar-refractivity contribution is 0.0697. The highest BCUT2D eigenvalue weighted by atomic mass is 16.4. The van der Waals surface area contributed by atoms with Gasteiger partial charge in [0.15, 0.2) is 5.69 Å². The highest BCUT2D eigenvalue weighted by molar-refractivity contribution is 5.99. The number of carbonyl (C=O) groups is 1. The lowest BCUT2D eigenvalue weighted by Crippen LogP contribution is -1.97. The van der Waals surface area contributed by atoms with E-state index in [1.165, 1.54) is 17.7 Å². The van der Waals surface area contributed by atoms with Crippen molar-refractivity contribution in [3.05, 3.63) is 102 Å². The molecule has 38 heavy (non-hydrogen) atoms. The van der Waals surface area contributed by atoms with E-state index < -0.39 is 5.97 Å². The lowest BCUT2D eigenvalue weighted by atomic mass is 9.99. The zero-order valence-corrected chi connectivity index (χ0v) is 21.3. The van der Waals surface area contributed by atoms with E-state index in [4.69, 9.17) is 0 Å². The van der Waals surface area contributed by atoms with Crippen molar-refractivity contribution in [3.63, 3.8) is 0 Å². The molecule has 0 aliphatic carbocycles. The van der Waals surface area contributed by atoms with Crippen molar-refractivity contribution < 1.29 is 20.1 Å². The molecule has 0 saturated heterocycles. The van der Waals surface area contributed by atoms with E-state index in [0.717, 1.165) is 16.8 Å². The van der Waals surface area contributed by atoms with Crippen LogP contribution in [0.3, 0.4) is 0 Å². The lowest BCUT2D eigenvalue weighted by Gasteiger charge is -2.10. The number of fused-ring (bicyclic) bond motifs is 1. The van der Waals surface area contributed by atoms with Crippen LogP contribution in [0.15, 0.2) is 95.2 Å². The molecule has 5 aromatic rings. The third kappa shape index (κ3) is 4.39. The zero-order chi connectivity index (χ0) is 27.0. The number of phenolic OH excluding ortho intramolecular Hbond substituents is 1. The van der Waals surface area contributed by atoms with Gasteiger partial charge in [-0.3, -0.25) is 4.57 Å². The number of nitrogens with zero attached hydrogens (tertiary/aromatic N) is 3. The van der Waals surface area contributed by atoms with Gasteiger partial charge >= 0.3 is 5.97 Å². The molecule has 0 bridgehead atoms. The van der Waals surface area contributed by atoms with E-state index in [1.54, 1.807) is 34.9 Å². The number of aromatic nitrogens is 1. The molecule has 0 atom stereocenters. The van der Waals surface area contributed by atoms with E-state index >= 15 is 0 Å². The minimum atomic E-state index is -1.18. The van der Waals surface area contributed by atoms with Gasteiger partial charge in [-0.15, -0.1) is 10.2 Å². The van der Waals surface area contributed by atoms with Crippen molar-refractivity contribution in [2.24, 2.45) is 10.2 Å². The predicted octanol–water partition coefficient (Wildman–Crippen LogP) is 8.25. The Bertz CT molecular complexity index is 1700. The van der Waals surface area contributed by atoms with Gasteiger partial charge in [0.25, 0.3) is 0 Å². The fourth-order valence-corrected chi connectivity index (χ4v) is 4.59. The third-order valence-corrected chi connectivity index (χ3v) is 6.60. The van der Waals surface area contributed by atoms with E-state index in [0.29, 0.717) is 22.4 Å². The largest absolute Gasteiger partial charge is 0.507 e. The summed E-state index contributed by atoms with van der Waals surface area (Å²) in [4.78, 5) is 12.1. The van der Waals surface area contributed by atoms with Gasteiger partial charge in [0.05, 0.1) is 11.1 Å². The van der Waals surface area contributed by atoms with Crippen molar-refractivity contribution in [1.29, 1.82) is 0 Å². The van der Waals surface area contributed by atoms with Gasteiger partial charge in [-0.25, -0.2) is 4.79 Å². The molecule has 1 heterocycles. The summed E-state index contributed by atoms with van der Waals surface area (Å²) in [5.41, 5.74) is 4.74. The monoisotopic (exact) mass is 505 g/mol. The number of phenols is 1. The third-order valence-electron chi connectivity index (χ3n) is 6.60. The first-order valence-corrected chi connectivity index (χ1v) is 12.3. The van der Waals surface area contributed by atoms with Crippen molar-refractivity contribution in [2.75, 3.05) is 0 Å². The molecular formula is C31H27N3O4. The molecule has 0 amide bonds. The number of hydrogen-bond donors (Lipinski definition) is 3. The van der Waals surface area contributed by atoms with Gasteiger partial charge in [0.1, 0.15) is 11.4 Å². The first kappa shape index (κ1) is 24.8. The molecular weight excluding hydrogens is 478 g/mol. The summed E-state index contributed by atoms with van der Waals surface area (Å²) in [6.45, 7) is 6.19. The van der Waals surface area contributed by atoms with Gasteiger partial charge in [-0.1, -0.05) is 67.9 Å². The van der Waals surface area contributed by atoms with Gasteiger partial charge in [0.2, 0.25) is 5.88 Å². The Kier molecular flexibility index (Phi) is 6.43. The summed E-state index contributed by atoms with van der Waals surface area (Å²) in [7, 11) is 0. The second kappa shape index (κ2) is 9.86. The van der Waals surface area contributed by atoms with E-state index in [-0.39, 0.29) is 28.6 Å². The van der Waals surface area contributed by atoms with Crippen LogP contribution in [0.25, 0.3) is 27.7 Å². The number of aryl methyl sites for hydroxylation is 1. The normalized spacial score (nSPS) is 11.6. The number of aromatic hydroxyl groups is 2. The summed E-state index contributed by atoms with van der Waals surface area (Å²) < 4.78 is 1.71. The van der Waals surface area contributed by atoms with Crippen molar-refractivity contribution in [3.8, 4) is 28.4 Å². The van der Waals surface area contributed by atoms with Gasteiger partial charge in [-0.05, 0) is 54.8 Å². The Hall–Kier alpha value is -4.91. The van der Waals surface area contributed by atoms with Crippen molar-refractivity contribution >= 4 is 28.2 Å². The molecule has 7 nitrogen and oxygen atoms in total. The van der Waals surface area contributed by atoms with Gasteiger partial charge in [0, 0.05) is 22.2 Å². The molecule has 0 aliphatic rings. The molecule has 0 fully saturated rings. The maximum Gasteiger partial charge on any atom is 0.337 e. The SMILES string of the molecule is Cc1ccc2c(c1)c(N=Nc1c(C(=O)O)cccc1-c1ccccc1O)c(O)n2-c1ccc(C(C)C)cc1. The van der Waals surface area contributed by atoms with Crippen LogP contribution >= 0.6 is 0 Å². The molecule has 190 valence electrons. The number of carboxylic acids is 1. The van der Waals surface area contributed by atoms with Crippen LogP contribution in [0.1, 0.15) is 41.3 Å². The number of rotatable bonds is 6. The minimum Gasteiger partial charge on any atom is -0.507 e. The maximum atomic E-state index is 12.1. The minimum absolute atomic E-state index is 0.00796. The smallest absolute Gasteiger partial charge is 0.337 e. The van der Waals surface area contributed by atoms with E-state index in [2.05, 4.69) is 24.1 Å². The first-order chi connectivity index (χ1) is 18.3. The highest BCUT2D eigenvalue weighted by Crippen LogP contribution is 2.44. The Morgan fingerprint density at radius 1 is 0.816 bits per heavy atom. The summed E-state index contributed by atoms with van der Waals surface area (Å²) in [5.74, 6) is -0.919. The maximum absolute atomic E-state index is 12.1. The summed E-state index contributed by atoms with van der Waals surface area (Å²) >= 11 is 0. The van der Waals surface area contributed by atoms with Crippen LogP contribution in [0.5, 0.6) is 11.6 Å². The van der Waals surface area contributed by atoms with Crippen LogP contribution in [-0.4, -0.2) is 25.9 Å². The number of carboxylic acid groups (broad SMARTS) is 1. The highest BCUT2D eigenvalue weighted by Gasteiger charge is 2.21. The fraction of sp³-hybridized carbons (Fsp3) is 0.129. The van der Waals surface area contributed by atoms with Gasteiger partial charge in [-0.2, -0.15) is 0 Å². The van der Waals surface area contributed by atoms with Crippen LogP contribution < -0.4 is 0 Å². The van der Waals surface area contributed by atoms with Gasteiger partial charge < -0.3 is 15.3 Å².